The highest BCUT2D eigenvalue weighted by molar-refractivity contribution is 7.99. The van der Waals surface area contributed by atoms with Crippen LogP contribution < -0.4 is 5.32 Å². The molecule has 1 amide bonds. The molecule has 0 aliphatic heterocycles. The Bertz CT molecular complexity index is 842. The van der Waals surface area contributed by atoms with Crippen LogP contribution in [0.3, 0.4) is 0 Å². The summed E-state index contributed by atoms with van der Waals surface area (Å²) in [4.78, 5) is 27.1. The normalized spacial score (nSPS) is 10.6. The third-order valence-corrected chi connectivity index (χ3v) is 3.82. The number of nitrogens with one attached hydrogen (secondary N) is 1. The Hall–Kier alpha value is -2.80. The number of nitrogens with zero attached hydrogens (tertiary/aromatic N) is 1. The number of anilines is 1. The van der Waals surface area contributed by atoms with Gasteiger partial charge >= 0.3 is 5.97 Å². The second kappa shape index (κ2) is 6.53. The van der Waals surface area contributed by atoms with Gasteiger partial charge in [-0.05, 0) is 30.3 Å². The number of amides is 1. The van der Waals surface area contributed by atoms with Crippen LogP contribution in [-0.4, -0.2) is 27.7 Å². The van der Waals surface area contributed by atoms with E-state index < -0.39 is 5.97 Å². The molecule has 0 unspecified atom stereocenters. The lowest BCUT2D eigenvalue weighted by atomic mass is 10.2. The molecule has 0 atom stereocenters. The number of hydrogen-bond acceptors (Lipinski definition) is 5. The fourth-order valence-electron chi connectivity index (χ4n) is 1.97. The number of para-hydroxylation sites is 2. The van der Waals surface area contributed by atoms with Gasteiger partial charge in [-0.15, -0.1) is 0 Å². The molecule has 116 valence electrons. The molecule has 0 saturated carbocycles. The summed E-state index contributed by atoms with van der Waals surface area (Å²) in [6.45, 7) is 0. The van der Waals surface area contributed by atoms with Crippen molar-refractivity contribution in [2.24, 2.45) is 0 Å². The Kier molecular flexibility index (Phi) is 4.29. The third kappa shape index (κ3) is 3.70. The Morgan fingerprint density at radius 3 is 2.78 bits per heavy atom. The van der Waals surface area contributed by atoms with Crippen LogP contribution in [0.25, 0.3) is 11.1 Å². The van der Waals surface area contributed by atoms with Crippen LogP contribution in [0.5, 0.6) is 0 Å². The number of rotatable bonds is 5. The van der Waals surface area contributed by atoms with E-state index in [1.165, 1.54) is 23.9 Å². The zero-order valence-electron chi connectivity index (χ0n) is 11.9. The Morgan fingerprint density at radius 1 is 1.17 bits per heavy atom. The van der Waals surface area contributed by atoms with E-state index in [4.69, 9.17) is 9.52 Å². The lowest BCUT2D eigenvalue weighted by Gasteiger charge is -2.04. The van der Waals surface area contributed by atoms with Gasteiger partial charge in [0.1, 0.15) is 5.52 Å². The van der Waals surface area contributed by atoms with Crippen molar-refractivity contribution in [2.75, 3.05) is 11.1 Å². The summed E-state index contributed by atoms with van der Waals surface area (Å²) in [7, 11) is 0. The highest BCUT2D eigenvalue weighted by Crippen LogP contribution is 2.23. The summed E-state index contributed by atoms with van der Waals surface area (Å²) in [5.41, 5.74) is 1.97. The van der Waals surface area contributed by atoms with Gasteiger partial charge in [0.05, 0.1) is 11.3 Å². The topological polar surface area (TPSA) is 92.4 Å². The average Bonchev–Trinajstić information content (AvgIpc) is 2.96. The van der Waals surface area contributed by atoms with Gasteiger partial charge in [-0.25, -0.2) is 9.78 Å². The standard InChI is InChI=1S/C16H12N2O4S/c19-14(17-11-5-3-4-10(8-11)15(20)21)9-23-16-18-12-6-1-2-7-13(12)22-16/h1-8H,9H2,(H,17,19)(H,20,21). The number of thioether (sulfide) groups is 1. The number of oxazole rings is 1. The van der Waals surface area contributed by atoms with Crippen molar-refractivity contribution in [1.29, 1.82) is 0 Å². The van der Waals surface area contributed by atoms with Gasteiger partial charge in [-0.3, -0.25) is 4.79 Å². The van der Waals surface area contributed by atoms with Crippen molar-refractivity contribution >= 4 is 40.4 Å². The molecule has 3 rings (SSSR count). The van der Waals surface area contributed by atoms with Gasteiger partial charge in [0.25, 0.3) is 5.22 Å². The predicted molar refractivity (Wildman–Crippen MR) is 86.8 cm³/mol. The molecule has 1 aromatic heterocycles. The summed E-state index contributed by atoms with van der Waals surface area (Å²) in [5.74, 6) is -1.19. The maximum absolute atomic E-state index is 11.9. The van der Waals surface area contributed by atoms with E-state index in [0.717, 1.165) is 5.52 Å². The number of carboxylic acid groups (broad SMARTS) is 1. The summed E-state index contributed by atoms with van der Waals surface area (Å²) in [5, 5.41) is 12.0. The fraction of sp³-hybridized carbons (Fsp3) is 0.0625. The van der Waals surface area contributed by atoms with Crippen LogP contribution in [0.4, 0.5) is 5.69 Å². The van der Waals surface area contributed by atoms with Crippen molar-refractivity contribution in [3.63, 3.8) is 0 Å². The summed E-state index contributed by atoms with van der Waals surface area (Å²) < 4.78 is 5.51. The number of carboxylic acids is 1. The van der Waals surface area contributed by atoms with Crippen molar-refractivity contribution in [3.05, 3.63) is 54.1 Å². The van der Waals surface area contributed by atoms with Gasteiger partial charge in [-0.2, -0.15) is 0 Å². The first kappa shape index (κ1) is 15.1. The first-order chi connectivity index (χ1) is 11.1. The second-order valence-corrected chi connectivity index (χ2v) is 5.60. The quantitative estimate of drug-likeness (QED) is 0.698. The van der Waals surface area contributed by atoms with Gasteiger partial charge < -0.3 is 14.8 Å². The Morgan fingerprint density at radius 2 is 2.00 bits per heavy atom. The van der Waals surface area contributed by atoms with Gasteiger partial charge in [-0.1, -0.05) is 30.0 Å². The Balaban J connectivity index is 1.61. The number of fused-ring (bicyclic) bond motifs is 1. The van der Waals surface area contributed by atoms with E-state index in [9.17, 15) is 9.59 Å². The molecule has 3 aromatic rings. The molecule has 0 fully saturated rings. The molecule has 0 aliphatic carbocycles. The molecule has 2 N–H and O–H groups in total. The molecule has 0 saturated heterocycles. The maximum Gasteiger partial charge on any atom is 0.335 e. The van der Waals surface area contributed by atoms with E-state index in [1.54, 1.807) is 12.1 Å². The number of aromatic nitrogens is 1. The number of carbonyl (C=O) groups is 2. The molecular weight excluding hydrogens is 316 g/mol. The number of aromatic carboxylic acids is 1. The molecule has 7 heteroatoms. The van der Waals surface area contributed by atoms with Crippen LogP contribution in [0, 0.1) is 0 Å². The zero-order chi connectivity index (χ0) is 16.2. The first-order valence-corrected chi connectivity index (χ1v) is 7.72. The van der Waals surface area contributed by atoms with Crippen molar-refractivity contribution in [2.45, 2.75) is 5.22 Å². The zero-order valence-corrected chi connectivity index (χ0v) is 12.7. The van der Waals surface area contributed by atoms with Crippen LogP contribution in [0.2, 0.25) is 0 Å². The summed E-state index contributed by atoms with van der Waals surface area (Å²) in [6.07, 6.45) is 0. The largest absolute Gasteiger partial charge is 0.478 e. The van der Waals surface area contributed by atoms with E-state index in [2.05, 4.69) is 10.3 Å². The molecule has 0 aliphatic rings. The summed E-state index contributed by atoms with van der Waals surface area (Å²) in [6, 6.07) is 13.4. The fourth-order valence-corrected chi connectivity index (χ4v) is 2.61. The molecule has 0 bridgehead atoms. The monoisotopic (exact) mass is 328 g/mol. The lowest BCUT2D eigenvalue weighted by Crippen LogP contribution is -2.14. The highest BCUT2D eigenvalue weighted by atomic mass is 32.2. The number of benzene rings is 2. The minimum Gasteiger partial charge on any atom is -0.478 e. The van der Waals surface area contributed by atoms with Crippen LogP contribution in [0.15, 0.2) is 58.2 Å². The molecule has 0 radical (unpaired) electrons. The molecular formula is C16H12N2O4S. The minimum absolute atomic E-state index is 0.115. The molecule has 0 spiro atoms. The SMILES string of the molecule is O=C(CSc1nc2ccccc2o1)Nc1cccc(C(=O)O)c1. The van der Waals surface area contributed by atoms with E-state index >= 15 is 0 Å². The third-order valence-electron chi connectivity index (χ3n) is 2.99. The summed E-state index contributed by atoms with van der Waals surface area (Å²) >= 11 is 1.18. The number of carbonyl (C=O) groups excluding carboxylic acids is 1. The van der Waals surface area contributed by atoms with Gasteiger partial charge in [0.2, 0.25) is 5.91 Å². The highest BCUT2D eigenvalue weighted by Gasteiger charge is 2.10. The molecule has 1 heterocycles. The first-order valence-electron chi connectivity index (χ1n) is 6.73. The molecule has 6 nitrogen and oxygen atoms in total. The maximum atomic E-state index is 11.9. The van der Waals surface area contributed by atoms with Crippen LogP contribution in [0.1, 0.15) is 10.4 Å². The van der Waals surface area contributed by atoms with Gasteiger partial charge in [0.15, 0.2) is 5.58 Å². The van der Waals surface area contributed by atoms with Crippen molar-refractivity contribution < 1.29 is 19.1 Å². The minimum atomic E-state index is -1.04. The van der Waals surface area contributed by atoms with Crippen molar-refractivity contribution in [3.8, 4) is 0 Å². The van der Waals surface area contributed by atoms with E-state index in [1.807, 2.05) is 24.3 Å². The smallest absolute Gasteiger partial charge is 0.335 e. The second-order valence-electron chi connectivity index (χ2n) is 4.67. The van der Waals surface area contributed by atoms with E-state index in [0.29, 0.717) is 16.5 Å². The van der Waals surface area contributed by atoms with Crippen LogP contribution in [-0.2, 0) is 4.79 Å². The lowest BCUT2D eigenvalue weighted by molar-refractivity contribution is -0.113. The number of hydrogen-bond donors (Lipinski definition) is 2. The van der Waals surface area contributed by atoms with Gasteiger partial charge in [0, 0.05) is 5.69 Å². The molecule has 23 heavy (non-hydrogen) atoms. The predicted octanol–water partition coefficient (Wildman–Crippen LogP) is 3.26. The van der Waals surface area contributed by atoms with Crippen molar-refractivity contribution in [1.82, 2.24) is 4.98 Å². The average molecular weight is 328 g/mol. The molecule has 2 aromatic carbocycles. The Labute approximate surface area is 135 Å². The van der Waals surface area contributed by atoms with E-state index in [-0.39, 0.29) is 17.2 Å². The van der Waals surface area contributed by atoms with Crippen LogP contribution >= 0.6 is 11.8 Å².